The van der Waals surface area contributed by atoms with Gasteiger partial charge >= 0.3 is 12.1 Å². The molecule has 4 aromatic carbocycles. The van der Waals surface area contributed by atoms with Crippen LogP contribution in [0.25, 0.3) is 22.3 Å². The van der Waals surface area contributed by atoms with Crippen LogP contribution in [0.15, 0.2) is 91.0 Å². The summed E-state index contributed by atoms with van der Waals surface area (Å²) in [7, 11) is 0. The molecule has 0 bridgehead atoms. The van der Waals surface area contributed by atoms with Crippen molar-refractivity contribution in [2.24, 2.45) is 5.41 Å². The van der Waals surface area contributed by atoms with Crippen molar-refractivity contribution in [3.63, 3.8) is 0 Å². The van der Waals surface area contributed by atoms with Gasteiger partial charge in [-0.3, -0.25) is 9.59 Å². The first kappa shape index (κ1) is 27.8. The van der Waals surface area contributed by atoms with Gasteiger partial charge in [-0.2, -0.15) is 13.2 Å². The zero-order chi connectivity index (χ0) is 28.4. The van der Waals surface area contributed by atoms with Gasteiger partial charge in [0.25, 0.3) is 0 Å². The smallest absolute Gasteiger partial charge is 0.416 e. The predicted molar refractivity (Wildman–Crippen MR) is 147 cm³/mol. The fourth-order valence-electron chi connectivity index (χ4n) is 4.05. The van der Waals surface area contributed by atoms with Crippen LogP contribution in [0, 0.1) is 12.3 Å². The SMILES string of the molecule is CCC(C)(C)C(=O)Oc1ccc(C(=O)c2ccc(-c3ccc(-c4ccc(C(F)(F)F)cc4)c(C)c3)cc2)cc1. The predicted octanol–water partition coefficient (Wildman–Crippen LogP) is 8.92. The molecule has 0 unspecified atom stereocenters. The van der Waals surface area contributed by atoms with Gasteiger partial charge in [0.2, 0.25) is 0 Å². The van der Waals surface area contributed by atoms with E-state index in [0.717, 1.165) is 34.4 Å². The number of halogens is 3. The molecule has 0 amide bonds. The maximum absolute atomic E-state index is 13.0. The van der Waals surface area contributed by atoms with Crippen LogP contribution in [-0.4, -0.2) is 11.8 Å². The maximum atomic E-state index is 13.0. The van der Waals surface area contributed by atoms with Crippen LogP contribution in [0.3, 0.4) is 0 Å². The Hall–Kier alpha value is -4.19. The van der Waals surface area contributed by atoms with Crippen molar-refractivity contribution >= 4 is 11.8 Å². The summed E-state index contributed by atoms with van der Waals surface area (Å²) in [4.78, 5) is 25.3. The van der Waals surface area contributed by atoms with Crippen molar-refractivity contribution in [2.45, 2.75) is 40.3 Å². The fourth-order valence-corrected chi connectivity index (χ4v) is 4.05. The van der Waals surface area contributed by atoms with Crippen molar-refractivity contribution in [3.05, 3.63) is 113 Å². The van der Waals surface area contributed by atoms with Crippen molar-refractivity contribution in [3.8, 4) is 28.0 Å². The van der Waals surface area contributed by atoms with Crippen molar-refractivity contribution in [1.82, 2.24) is 0 Å². The Labute approximate surface area is 226 Å². The minimum absolute atomic E-state index is 0.151. The third-order valence-corrected chi connectivity index (χ3v) is 6.99. The minimum Gasteiger partial charge on any atom is -0.426 e. The van der Waals surface area contributed by atoms with Gasteiger partial charge < -0.3 is 4.74 Å². The highest BCUT2D eigenvalue weighted by Crippen LogP contribution is 2.33. The molecule has 0 N–H and O–H groups in total. The summed E-state index contributed by atoms with van der Waals surface area (Å²) in [6.45, 7) is 7.49. The van der Waals surface area contributed by atoms with E-state index in [2.05, 4.69) is 0 Å². The average molecular weight is 531 g/mol. The molecule has 0 saturated heterocycles. The largest absolute Gasteiger partial charge is 0.426 e. The van der Waals surface area contributed by atoms with E-state index >= 15 is 0 Å². The summed E-state index contributed by atoms with van der Waals surface area (Å²) in [5, 5.41) is 0. The second-order valence-corrected chi connectivity index (χ2v) is 10.2. The molecular weight excluding hydrogens is 501 g/mol. The summed E-state index contributed by atoms with van der Waals surface area (Å²) in [6.07, 6.45) is -3.71. The van der Waals surface area contributed by atoms with Crippen LogP contribution in [0.1, 0.15) is 54.2 Å². The number of alkyl halides is 3. The van der Waals surface area contributed by atoms with Crippen molar-refractivity contribution in [1.29, 1.82) is 0 Å². The van der Waals surface area contributed by atoms with Crippen molar-refractivity contribution < 1.29 is 27.5 Å². The highest BCUT2D eigenvalue weighted by Gasteiger charge is 2.30. The van der Waals surface area contributed by atoms with Crippen LogP contribution < -0.4 is 4.74 Å². The quantitative estimate of drug-likeness (QED) is 0.136. The van der Waals surface area contributed by atoms with Gasteiger partial charge in [-0.05, 0) is 91.4 Å². The number of hydrogen-bond donors (Lipinski definition) is 0. The normalized spacial score (nSPS) is 11.8. The van der Waals surface area contributed by atoms with Crippen LogP contribution in [-0.2, 0) is 11.0 Å². The highest BCUT2D eigenvalue weighted by atomic mass is 19.4. The lowest BCUT2D eigenvalue weighted by Crippen LogP contribution is -2.28. The van der Waals surface area contributed by atoms with Gasteiger partial charge in [0.1, 0.15) is 5.75 Å². The number of ketones is 1. The van der Waals surface area contributed by atoms with Crippen LogP contribution in [0.4, 0.5) is 13.2 Å². The highest BCUT2D eigenvalue weighted by molar-refractivity contribution is 6.09. The Balaban J connectivity index is 1.47. The molecule has 0 fully saturated rings. The number of carbonyl (C=O) groups excluding carboxylic acids is 2. The lowest BCUT2D eigenvalue weighted by Gasteiger charge is -2.20. The first-order valence-electron chi connectivity index (χ1n) is 12.6. The molecule has 200 valence electrons. The van der Waals surface area contributed by atoms with Gasteiger partial charge in [-0.15, -0.1) is 0 Å². The van der Waals surface area contributed by atoms with E-state index in [1.165, 1.54) is 12.1 Å². The van der Waals surface area contributed by atoms with Crippen LogP contribution in [0.2, 0.25) is 0 Å². The van der Waals surface area contributed by atoms with E-state index in [4.69, 9.17) is 4.74 Å². The molecule has 4 rings (SSSR count). The Morgan fingerprint density at radius 3 is 1.74 bits per heavy atom. The van der Waals surface area contributed by atoms with E-state index in [9.17, 15) is 22.8 Å². The number of hydrogen-bond acceptors (Lipinski definition) is 3. The summed E-state index contributed by atoms with van der Waals surface area (Å²) in [6, 6.07) is 24.7. The maximum Gasteiger partial charge on any atom is 0.416 e. The van der Waals surface area contributed by atoms with E-state index in [-0.39, 0.29) is 11.8 Å². The van der Waals surface area contributed by atoms with E-state index < -0.39 is 17.2 Å². The lowest BCUT2D eigenvalue weighted by molar-refractivity contribution is -0.144. The van der Waals surface area contributed by atoms with Gasteiger partial charge in [-0.25, -0.2) is 0 Å². The third-order valence-electron chi connectivity index (χ3n) is 6.99. The summed E-state index contributed by atoms with van der Waals surface area (Å²) in [5.74, 6) is -0.0759. The molecule has 0 saturated carbocycles. The van der Waals surface area contributed by atoms with E-state index in [1.807, 2.05) is 58.0 Å². The average Bonchev–Trinajstić information content (AvgIpc) is 2.92. The zero-order valence-corrected chi connectivity index (χ0v) is 22.2. The van der Waals surface area contributed by atoms with Gasteiger partial charge in [-0.1, -0.05) is 61.5 Å². The fraction of sp³-hybridized carbons (Fsp3) is 0.212. The molecule has 0 spiro atoms. The molecule has 39 heavy (non-hydrogen) atoms. The molecule has 0 aromatic heterocycles. The second-order valence-electron chi connectivity index (χ2n) is 10.2. The molecular formula is C33H29F3O3. The molecule has 0 aliphatic heterocycles. The monoisotopic (exact) mass is 530 g/mol. The van der Waals surface area contributed by atoms with E-state index in [0.29, 0.717) is 28.9 Å². The number of rotatable bonds is 7. The Kier molecular flexibility index (Phi) is 7.77. The standard InChI is InChI=1S/C33H29F3O3/c1-5-32(3,4)31(38)39-28-17-12-25(13-18-28)30(37)24-8-6-22(7-9-24)26-14-19-29(21(2)20-26)23-10-15-27(16-11-23)33(34,35)36/h6-20H,5H2,1-4H3. The minimum atomic E-state index is -4.37. The molecule has 4 aromatic rings. The number of ether oxygens (including phenoxy) is 1. The molecule has 3 nitrogen and oxygen atoms in total. The number of benzene rings is 4. The van der Waals surface area contributed by atoms with E-state index in [1.54, 1.807) is 36.4 Å². The second kappa shape index (κ2) is 10.9. The van der Waals surface area contributed by atoms with Gasteiger partial charge in [0.05, 0.1) is 11.0 Å². The molecule has 0 aliphatic carbocycles. The van der Waals surface area contributed by atoms with Crippen molar-refractivity contribution in [2.75, 3.05) is 0 Å². The lowest BCUT2D eigenvalue weighted by atomic mass is 9.91. The topological polar surface area (TPSA) is 43.4 Å². The molecule has 0 atom stereocenters. The summed E-state index contributed by atoms with van der Waals surface area (Å²) >= 11 is 0. The van der Waals surface area contributed by atoms with Crippen LogP contribution in [0.5, 0.6) is 5.75 Å². The molecule has 6 heteroatoms. The van der Waals surface area contributed by atoms with Gasteiger partial charge in [0, 0.05) is 11.1 Å². The Morgan fingerprint density at radius 1 is 0.718 bits per heavy atom. The van der Waals surface area contributed by atoms with Gasteiger partial charge in [0.15, 0.2) is 5.78 Å². The summed E-state index contributed by atoms with van der Waals surface area (Å²) in [5.41, 5.74) is 4.08. The molecule has 0 heterocycles. The Bertz CT molecular complexity index is 1480. The molecule has 0 radical (unpaired) electrons. The molecule has 0 aliphatic rings. The first-order valence-corrected chi connectivity index (χ1v) is 12.6. The zero-order valence-electron chi connectivity index (χ0n) is 22.2. The number of carbonyl (C=O) groups is 2. The first-order chi connectivity index (χ1) is 18.4. The van der Waals surface area contributed by atoms with Crippen LogP contribution >= 0.6 is 0 Å². The summed E-state index contributed by atoms with van der Waals surface area (Å²) < 4.78 is 44.1. The number of esters is 1. The third kappa shape index (κ3) is 6.28. The Morgan fingerprint density at radius 2 is 1.23 bits per heavy atom. The number of aryl methyl sites for hydroxylation is 1.